The van der Waals surface area contributed by atoms with Crippen molar-refractivity contribution in [1.29, 1.82) is 5.26 Å². The first-order chi connectivity index (χ1) is 15.8. The number of pyridine rings is 1. The minimum absolute atomic E-state index is 0.0520. The van der Waals surface area contributed by atoms with Crippen molar-refractivity contribution in [3.05, 3.63) is 52.8 Å². The van der Waals surface area contributed by atoms with Crippen LogP contribution in [0.1, 0.15) is 34.1 Å². The molecule has 6 nitrogen and oxygen atoms in total. The van der Waals surface area contributed by atoms with Gasteiger partial charge in [0, 0.05) is 25.0 Å². The number of rotatable bonds is 6. The Balaban J connectivity index is 1.76. The smallest absolute Gasteiger partial charge is 0.425 e. The average molecular weight is 487 g/mol. The van der Waals surface area contributed by atoms with Crippen molar-refractivity contribution in [1.82, 2.24) is 9.88 Å². The molecule has 1 fully saturated rings. The Bertz CT molecular complexity index is 1090. The van der Waals surface area contributed by atoms with Crippen LogP contribution >= 0.6 is 0 Å². The maximum absolute atomic E-state index is 13.1. The zero-order valence-corrected chi connectivity index (χ0v) is 18.0. The summed E-state index contributed by atoms with van der Waals surface area (Å²) in [4.78, 5) is 18.3. The molecule has 12 heteroatoms. The molecule has 1 atom stereocenters. The van der Waals surface area contributed by atoms with Gasteiger partial charge in [0.25, 0.3) is 5.91 Å². The Kier molecular flexibility index (Phi) is 6.95. The third-order valence-electron chi connectivity index (χ3n) is 5.32. The van der Waals surface area contributed by atoms with E-state index in [1.54, 1.807) is 0 Å². The topological polar surface area (TPSA) is 75.5 Å². The van der Waals surface area contributed by atoms with E-state index >= 15 is 0 Å². The van der Waals surface area contributed by atoms with Crippen molar-refractivity contribution in [2.45, 2.75) is 31.8 Å². The first-order valence-electron chi connectivity index (χ1n) is 10.0. The SMILES string of the molecule is COc1c(C#N)ccc(O[C@@H](C)C(F)(F)F)c1C(=O)N1CC(Cc2ccc(C(F)(F)F)cn2)C1. The van der Waals surface area contributed by atoms with Crippen molar-refractivity contribution in [3.8, 4) is 17.6 Å². The fourth-order valence-corrected chi connectivity index (χ4v) is 3.45. The molecule has 1 saturated heterocycles. The third kappa shape index (κ3) is 5.35. The first-order valence-corrected chi connectivity index (χ1v) is 10.0. The number of alkyl halides is 6. The molecule has 1 aliphatic heterocycles. The number of methoxy groups -OCH3 is 1. The number of amides is 1. The van der Waals surface area contributed by atoms with Crippen molar-refractivity contribution in [2.24, 2.45) is 5.92 Å². The number of carbonyl (C=O) groups excluding carboxylic acids is 1. The van der Waals surface area contributed by atoms with Crippen LogP contribution in [0.4, 0.5) is 26.3 Å². The summed E-state index contributed by atoms with van der Waals surface area (Å²) in [6.45, 7) is 1.17. The fourth-order valence-electron chi connectivity index (χ4n) is 3.45. The molecule has 0 unspecified atom stereocenters. The standard InChI is InChI=1S/C22H19F6N3O3/c1-12(21(23,24)25)34-17-6-3-14(8-29)19(33-2)18(17)20(32)31-10-13(11-31)7-16-5-4-15(9-30-16)22(26,27)28/h3-6,9,12-13H,7,10-11H2,1-2H3/t12-/m0/s1. The van der Waals surface area contributed by atoms with Crippen LogP contribution in [-0.2, 0) is 12.6 Å². The van der Waals surface area contributed by atoms with Crippen LogP contribution in [0.3, 0.4) is 0 Å². The van der Waals surface area contributed by atoms with Gasteiger partial charge in [-0.2, -0.15) is 31.6 Å². The number of nitrogens with zero attached hydrogens (tertiary/aromatic N) is 3. The second-order valence-electron chi connectivity index (χ2n) is 7.75. The molecule has 34 heavy (non-hydrogen) atoms. The lowest BCUT2D eigenvalue weighted by Crippen LogP contribution is -2.51. The number of likely N-dealkylation sites (tertiary alicyclic amines) is 1. The van der Waals surface area contributed by atoms with Crippen LogP contribution in [-0.4, -0.2) is 48.3 Å². The van der Waals surface area contributed by atoms with E-state index < -0.39 is 29.9 Å². The molecule has 0 radical (unpaired) electrons. The minimum Gasteiger partial charge on any atom is -0.494 e. The van der Waals surface area contributed by atoms with Gasteiger partial charge in [0.05, 0.1) is 18.2 Å². The van der Waals surface area contributed by atoms with Gasteiger partial charge in [0.2, 0.25) is 0 Å². The molecule has 0 bridgehead atoms. The average Bonchev–Trinajstić information content (AvgIpc) is 2.74. The lowest BCUT2D eigenvalue weighted by molar-refractivity contribution is -0.189. The summed E-state index contributed by atoms with van der Waals surface area (Å²) in [5, 5.41) is 9.29. The molecule has 1 aliphatic rings. The number of hydrogen-bond acceptors (Lipinski definition) is 5. The van der Waals surface area contributed by atoms with E-state index in [0.717, 1.165) is 25.3 Å². The summed E-state index contributed by atoms with van der Waals surface area (Å²) >= 11 is 0. The Morgan fingerprint density at radius 2 is 1.88 bits per heavy atom. The number of hydrogen-bond donors (Lipinski definition) is 0. The van der Waals surface area contributed by atoms with Crippen LogP contribution in [0.15, 0.2) is 30.5 Å². The summed E-state index contributed by atoms with van der Waals surface area (Å²) < 4.78 is 87.2. The highest BCUT2D eigenvalue weighted by atomic mass is 19.4. The zero-order chi connectivity index (χ0) is 25.3. The zero-order valence-electron chi connectivity index (χ0n) is 18.0. The van der Waals surface area contributed by atoms with Crippen LogP contribution in [0.5, 0.6) is 11.5 Å². The summed E-state index contributed by atoms with van der Waals surface area (Å²) in [6.07, 6.45) is -10.3. The van der Waals surface area contributed by atoms with Crippen molar-refractivity contribution in [3.63, 3.8) is 0 Å². The second kappa shape index (κ2) is 9.40. The normalized spacial score (nSPS) is 15.3. The van der Waals surface area contributed by atoms with Crippen LogP contribution in [0.2, 0.25) is 0 Å². The summed E-state index contributed by atoms with van der Waals surface area (Å²) in [6, 6.07) is 6.32. The lowest BCUT2D eigenvalue weighted by Gasteiger charge is -2.39. The molecule has 3 rings (SSSR count). The van der Waals surface area contributed by atoms with E-state index in [4.69, 9.17) is 9.47 Å². The quantitative estimate of drug-likeness (QED) is 0.556. The largest absolute Gasteiger partial charge is 0.494 e. The predicted octanol–water partition coefficient (Wildman–Crippen LogP) is 4.62. The highest BCUT2D eigenvalue weighted by Crippen LogP contribution is 2.37. The summed E-state index contributed by atoms with van der Waals surface area (Å²) in [5.74, 6) is -1.38. The van der Waals surface area contributed by atoms with E-state index in [2.05, 4.69) is 4.98 Å². The highest BCUT2D eigenvalue weighted by Gasteiger charge is 2.40. The Hall–Kier alpha value is -3.49. The molecule has 1 aromatic heterocycles. The van der Waals surface area contributed by atoms with Gasteiger partial charge in [-0.25, -0.2) is 0 Å². The van der Waals surface area contributed by atoms with Crippen LogP contribution in [0, 0.1) is 17.2 Å². The molecule has 0 spiro atoms. The number of ether oxygens (including phenoxy) is 2. The van der Waals surface area contributed by atoms with E-state index in [-0.39, 0.29) is 41.6 Å². The van der Waals surface area contributed by atoms with Crippen LogP contribution in [0.25, 0.3) is 0 Å². The highest BCUT2D eigenvalue weighted by molar-refractivity contribution is 6.01. The molecule has 0 saturated carbocycles. The Labute approximate surface area is 190 Å². The summed E-state index contributed by atoms with van der Waals surface area (Å²) in [7, 11) is 1.18. The Morgan fingerprint density at radius 3 is 2.38 bits per heavy atom. The van der Waals surface area contributed by atoms with Gasteiger partial charge in [-0.05, 0) is 43.5 Å². The predicted molar refractivity (Wildman–Crippen MR) is 106 cm³/mol. The summed E-state index contributed by atoms with van der Waals surface area (Å²) in [5.41, 5.74) is -0.809. The molecule has 1 amide bonds. The van der Waals surface area contributed by atoms with Crippen molar-refractivity contribution < 1.29 is 40.6 Å². The maximum atomic E-state index is 13.1. The first kappa shape index (κ1) is 25.1. The number of benzene rings is 1. The van der Waals surface area contributed by atoms with E-state index in [1.165, 1.54) is 24.1 Å². The number of nitriles is 1. The third-order valence-corrected chi connectivity index (χ3v) is 5.32. The van der Waals surface area contributed by atoms with Gasteiger partial charge in [0.1, 0.15) is 17.4 Å². The van der Waals surface area contributed by atoms with Gasteiger partial charge in [-0.3, -0.25) is 9.78 Å². The minimum atomic E-state index is -4.68. The molecule has 0 N–H and O–H groups in total. The van der Waals surface area contributed by atoms with Gasteiger partial charge >= 0.3 is 12.4 Å². The second-order valence-corrected chi connectivity index (χ2v) is 7.75. The molecule has 0 aliphatic carbocycles. The van der Waals surface area contributed by atoms with Gasteiger partial charge < -0.3 is 14.4 Å². The van der Waals surface area contributed by atoms with Crippen LogP contribution < -0.4 is 9.47 Å². The van der Waals surface area contributed by atoms with E-state index in [9.17, 15) is 36.4 Å². The van der Waals surface area contributed by atoms with E-state index in [0.29, 0.717) is 12.1 Å². The lowest BCUT2D eigenvalue weighted by atomic mass is 9.93. The number of carbonyl (C=O) groups is 1. The van der Waals surface area contributed by atoms with Gasteiger partial charge in [-0.15, -0.1) is 0 Å². The van der Waals surface area contributed by atoms with Gasteiger partial charge in [-0.1, -0.05) is 0 Å². The molecule has 182 valence electrons. The molecule has 1 aromatic carbocycles. The molecule has 2 aromatic rings. The molecular formula is C22H19F6N3O3. The number of halogens is 6. The van der Waals surface area contributed by atoms with Crippen molar-refractivity contribution >= 4 is 5.91 Å². The van der Waals surface area contributed by atoms with Gasteiger partial charge in [0.15, 0.2) is 11.9 Å². The fraction of sp³-hybridized carbons (Fsp3) is 0.409. The molecule has 2 heterocycles. The maximum Gasteiger partial charge on any atom is 0.425 e. The monoisotopic (exact) mass is 487 g/mol. The number of aromatic nitrogens is 1. The molecular weight excluding hydrogens is 468 g/mol. The Morgan fingerprint density at radius 1 is 1.21 bits per heavy atom. The van der Waals surface area contributed by atoms with E-state index in [1.807, 2.05) is 6.07 Å². The van der Waals surface area contributed by atoms with Crippen molar-refractivity contribution in [2.75, 3.05) is 20.2 Å².